The van der Waals surface area contributed by atoms with Gasteiger partial charge in [0.2, 0.25) is 0 Å². The van der Waals surface area contributed by atoms with Crippen molar-refractivity contribution in [2.45, 2.75) is 6.61 Å². The maximum absolute atomic E-state index is 10.8. The summed E-state index contributed by atoms with van der Waals surface area (Å²) in [6.45, 7) is 0.347. The fourth-order valence-corrected chi connectivity index (χ4v) is 2.26. The number of nitrogens with zero attached hydrogens (tertiary/aromatic N) is 1. The van der Waals surface area contributed by atoms with Gasteiger partial charge >= 0.3 is 5.69 Å². The molecule has 0 radical (unpaired) electrons. The third-order valence-corrected chi connectivity index (χ3v) is 3.41. The van der Waals surface area contributed by atoms with Crippen molar-refractivity contribution in [2.24, 2.45) is 0 Å². The van der Waals surface area contributed by atoms with E-state index in [1.165, 1.54) is 6.07 Å². The van der Waals surface area contributed by atoms with E-state index >= 15 is 0 Å². The summed E-state index contributed by atoms with van der Waals surface area (Å²) in [5.74, 6) is 0.284. The zero-order valence-electron chi connectivity index (χ0n) is 8.63. The largest absolute Gasteiger partial charge is 0.481 e. The second-order valence-electron chi connectivity index (χ2n) is 3.24. The Hall–Kier alpha value is -1.40. The van der Waals surface area contributed by atoms with Crippen LogP contribution in [-0.4, -0.2) is 4.92 Å². The van der Waals surface area contributed by atoms with Crippen LogP contribution < -0.4 is 4.74 Å². The summed E-state index contributed by atoms with van der Waals surface area (Å²) in [4.78, 5) is 11.4. The van der Waals surface area contributed by atoms with Crippen molar-refractivity contribution in [3.05, 3.63) is 55.2 Å². The van der Waals surface area contributed by atoms with E-state index in [1.54, 1.807) is 23.5 Å². The first kappa shape index (κ1) is 12.1. The zero-order chi connectivity index (χ0) is 12.3. The normalized spacial score (nSPS) is 10.2. The summed E-state index contributed by atoms with van der Waals surface area (Å²) in [6, 6.07) is 8.59. The van der Waals surface area contributed by atoms with Gasteiger partial charge in [0.05, 0.1) is 4.92 Å². The third kappa shape index (κ3) is 3.04. The minimum absolute atomic E-state index is 0.0315. The molecule has 0 aliphatic heterocycles. The van der Waals surface area contributed by atoms with Crippen LogP contribution in [0.25, 0.3) is 0 Å². The number of ether oxygens (including phenoxy) is 1. The van der Waals surface area contributed by atoms with Gasteiger partial charge in [0.1, 0.15) is 6.61 Å². The lowest BCUT2D eigenvalue weighted by molar-refractivity contribution is -0.386. The van der Waals surface area contributed by atoms with Gasteiger partial charge in [-0.05, 0) is 23.6 Å². The summed E-state index contributed by atoms with van der Waals surface area (Å²) in [6.07, 6.45) is 0. The van der Waals surface area contributed by atoms with Crippen molar-refractivity contribution >= 4 is 33.0 Å². The second-order valence-corrected chi connectivity index (χ2v) is 5.19. The highest BCUT2D eigenvalue weighted by molar-refractivity contribution is 9.10. The average Bonchev–Trinajstić information content (AvgIpc) is 2.80. The van der Waals surface area contributed by atoms with E-state index in [2.05, 4.69) is 15.9 Å². The molecule has 2 rings (SSSR count). The van der Waals surface area contributed by atoms with E-state index in [1.807, 2.05) is 17.5 Å². The first-order valence-corrected chi connectivity index (χ1v) is 6.43. The van der Waals surface area contributed by atoms with Gasteiger partial charge in [0.25, 0.3) is 0 Å². The van der Waals surface area contributed by atoms with Gasteiger partial charge in [-0.15, -0.1) is 11.3 Å². The molecule has 0 bridgehead atoms. The third-order valence-electron chi connectivity index (χ3n) is 2.07. The Bertz CT molecular complexity index is 528. The van der Waals surface area contributed by atoms with Crippen LogP contribution >= 0.6 is 27.3 Å². The molecule has 0 saturated heterocycles. The van der Waals surface area contributed by atoms with Gasteiger partial charge in [-0.2, -0.15) is 0 Å². The van der Waals surface area contributed by atoms with Gasteiger partial charge in [-0.3, -0.25) is 10.1 Å². The molecule has 0 N–H and O–H groups in total. The first-order chi connectivity index (χ1) is 8.16. The Morgan fingerprint density at radius 2 is 2.24 bits per heavy atom. The molecular formula is C11H8BrNO3S. The Kier molecular flexibility index (Phi) is 3.75. The second kappa shape index (κ2) is 5.29. The Labute approximate surface area is 110 Å². The van der Waals surface area contributed by atoms with E-state index in [-0.39, 0.29) is 11.4 Å². The maximum Gasteiger partial charge on any atom is 0.312 e. The number of halogens is 1. The first-order valence-electron chi connectivity index (χ1n) is 4.76. The molecule has 0 aliphatic carbocycles. The van der Waals surface area contributed by atoms with E-state index < -0.39 is 4.92 Å². The maximum atomic E-state index is 10.8. The SMILES string of the molecule is O=[N+]([O-])c1cc(Br)ccc1OCc1cccs1. The quantitative estimate of drug-likeness (QED) is 0.633. The fraction of sp³-hybridized carbons (Fsp3) is 0.0909. The predicted molar refractivity (Wildman–Crippen MR) is 69.4 cm³/mol. The van der Waals surface area contributed by atoms with Crippen LogP contribution in [0, 0.1) is 10.1 Å². The predicted octanol–water partition coefficient (Wildman–Crippen LogP) is 4.00. The summed E-state index contributed by atoms with van der Waals surface area (Å²) in [5.41, 5.74) is -0.0315. The van der Waals surface area contributed by atoms with Crippen molar-refractivity contribution < 1.29 is 9.66 Å². The molecule has 0 unspecified atom stereocenters. The van der Waals surface area contributed by atoms with E-state index in [0.29, 0.717) is 11.1 Å². The molecule has 0 atom stereocenters. The molecule has 17 heavy (non-hydrogen) atoms. The molecule has 1 heterocycles. The standard InChI is InChI=1S/C11H8BrNO3S/c12-8-3-4-11(10(6-8)13(14)15)16-7-9-2-1-5-17-9/h1-6H,7H2. The summed E-state index contributed by atoms with van der Waals surface area (Å²) >= 11 is 4.75. The molecule has 0 amide bonds. The fourth-order valence-electron chi connectivity index (χ4n) is 1.30. The Balaban J connectivity index is 2.17. The molecule has 6 heteroatoms. The molecule has 0 fully saturated rings. The van der Waals surface area contributed by atoms with Crippen molar-refractivity contribution in [1.29, 1.82) is 0 Å². The smallest absolute Gasteiger partial charge is 0.312 e. The minimum atomic E-state index is -0.450. The lowest BCUT2D eigenvalue weighted by Gasteiger charge is -2.05. The molecule has 1 aromatic carbocycles. The van der Waals surface area contributed by atoms with Crippen LogP contribution in [0.4, 0.5) is 5.69 Å². The van der Waals surface area contributed by atoms with Gasteiger partial charge in [-0.1, -0.05) is 22.0 Å². The highest BCUT2D eigenvalue weighted by Crippen LogP contribution is 2.30. The van der Waals surface area contributed by atoms with Crippen LogP contribution in [-0.2, 0) is 6.61 Å². The summed E-state index contributed by atoms with van der Waals surface area (Å²) < 4.78 is 6.11. The van der Waals surface area contributed by atoms with Gasteiger partial charge in [-0.25, -0.2) is 0 Å². The van der Waals surface area contributed by atoms with Gasteiger partial charge in [0.15, 0.2) is 5.75 Å². The van der Waals surface area contributed by atoms with E-state index in [9.17, 15) is 10.1 Å². The molecule has 88 valence electrons. The molecule has 0 saturated carbocycles. The van der Waals surface area contributed by atoms with Gasteiger partial charge in [0, 0.05) is 15.4 Å². The van der Waals surface area contributed by atoms with Crippen molar-refractivity contribution in [3.63, 3.8) is 0 Å². The van der Waals surface area contributed by atoms with Crippen LogP contribution in [0.1, 0.15) is 4.88 Å². The molecule has 0 spiro atoms. The minimum Gasteiger partial charge on any atom is -0.481 e. The van der Waals surface area contributed by atoms with Gasteiger partial charge < -0.3 is 4.74 Å². The lowest BCUT2D eigenvalue weighted by atomic mass is 10.3. The number of nitro benzene ring substituents is 1. The average molecular weight is 314 g/mol. The molecule has 2 aromatic rings. The number of rotatable bonds is 4. The molecule has 4 nitrogen and oxygen atoms in total. The monoisotopic (exact) mass is 313 g/mol. The molecule has 1 aromatic heterocycles. The van der Waals surface area contributed by atoms with Crippen molar-refractivity contribution in [3.8, 4) is 5.75 Å². The topological polar surface area (TPSA) is 52.4 Å². The number of thiophene rings is 1. The summed E-state index contributed by atoms with van der Waals surface area (Å²) in [7, 11) is 0. The van der Waals surface area contributed by atoms with Crippen molar-refractivity contribution in [2.75, 3.05) is 0 Å². The molecular weight excluding hydrogens is 306 g/mol. The zero-order valence-corrected chi connectivity index (χ0v) is 11.0. The van der Waals surface area contributed by atoms with Crippen LogP contribution in [0.2, 0.25) is 0 Å². The van der Waals surface area contributed by atoms with E-state index in [0.717, 1.165) is 4.88 Å². The Morgan fingerprint density at radius 1 is 1.41 bits per heavy atom. The van der Waals surface area contributed by atoms with Crippen LogP contribution in [0.5, 0.6) is 5.75 Å². The van der Waals surface area contributed by atoms with E-state index in [4.69, 9.17) is 4.74 Å². The van der Waals surface area contributed by atoms with Crippen LogP contribution in [0.15, 0.2) is 40.2 Å². The van der Waals surface area contributed by atoms with Crippen molar-refractivity contribution in [1.82, 2.24) is 0 Å². The highest BCUT2D eigenvalue weighted by Gasteiger charge is 2.15. The Morgan fingerprint density at radius 3 is 2.88 bits per heavy atom. The number of hydrogen-bond donors (Lipinski definition) is 0. The lowest BCUT2D eigenvalue weighted by Crippen LogP contribution is -1.97. The highest BCUT2D eigenvalue weighted by atomic mass is 79.9. The molecule has 0 aliphatic rings. The summed E-state index contributed by atoms with van der Waals surface area (Å²) in [5, 5.41) is 12.8. The number of benzene rings is 1. The number of nitro groups is 1. The number of hydrogen-bond acceptors (Lipinski definition) is 4. The van der Waals surface area contributed by atoms with Crippen LogP contribution in [0.3, 0.4) is 0 Å².